The van der Waals surface area contributed by atoms with E-state index in [-0.39, 0.29) is 5.75 Å². The standard InChI is InChI=1S/C10H13ClO5S/c12-9-3-5-10(6-4-9)17(7-1-2-8-17)16-11(13,14)15/h3-6,12H,1-2,7-8H2. The van der Waals surface area contributed by atoms with E-state index in [1.54, 1.807) is 12.1 Å². The Balaban J connectivity index is 2.31. The van der Waals surface area contributed by atoms with E-state index in [1.165, 1.54) is 12.1 Å². The maximum atomic E-state index is 10.8. The third-order valence-corrected chi connectivity index (χ3v) is 7.27. The molecule has 1 heterocycles. The van der Waals surface area contributed by atoms with Gasteiger partial charge < -0.3 is 5.11 Å². The van der Waals surface area contributed by atoms with Crippen LogP contribution in [0.3, 0.4) is 0 Å². The molecule has 1 aromatic rings. The molecule has 0 bridgehead atoms. The zero-order valence-corrected chi connectivity index (χ0v) is 10.6. The van der Waals surface area contributed by atoms with E-state index in [9.17, 15) is 19.1 Å². The highest BCUT2D eigenvalue weighted by Crippen LogP contribution is 2.62. The van der Waals surface area contributed by atoms with Gasteiger partial charge >= 0.3 is 0 Å². The summed E-state index contributed by atoms with van der Waals surface area (Å²) in [4.78, 5) is 0.694. The third kappa shape index (κ3) is 3.04. The summed E-state index contributed by atoms with van der Waals surface area (Å²) in [6.07, 6.45) is 1.70. The van der Waals surface area contributed by atoms with Crippen molar-refractivity contribution in [3.8, 4) is 5.75 Å². The topological polar surface area (TPSA) is 98.6 Å². The van der Waals surface area contributed by atoms with Gasteiger partial charge in [-0.2, -0.15) is 14.0 Å². The van der Waals surface area contributed by atoms with E-state index in [4.69, 9.17) is 3.74 Å². The van der Waals surface area contributed by atoms with Crippen LogP contribution >= 0.6 is 10.3 Å². The number of rotatable bonds is 3. The average molecular weight is 281 g/mol. The van der Waals surface area contributed by atoms with Gasteiger partial charge in [-0.25, -0.2) is 0 Å². The van der Waals surface area contributed by atoms with Crippen molar-refractivity contribution in [2.75, 3.05) is 11.5 Å². The van der Waals surface area contributed by atoms with E-state index in [2.05, 4.69) is 0 Å². The van der Waals surface area contributed by atoms with Crippen LogP contribution in [-0.2, 0) is 3.74 Å². The molecule has 0 aliphatic carbocycles. The fourth-order valence-corrected chi connectivity index (χ4v) is 6.57. The van der Waals surface area contributed by atoms with E-state index in [0.29, 0.717) is 16.4 Å². The molecule has 17 heavy (non-hydrogen) atoms. The molecule has 0 aromatic heterocycles. The Morgan fingerprint density at radius 3 is 2.06 bits per heavy atom. The van der Waals surface area contributed by atoms with Gasteiger partial charge in [0, 0.05) is 26.7 Å². The minimum atomic E-state index is -4.42. The van der Waals surface area contributed by atoms with E-state index >= 15 is 0 Å². The predicted molar refractivity (Wildman–Crippen MR) is 54.0 cm³/mol. The normalized spacial score (nSPS) is 21.4. The SMILES string of the molecule is [O-][Cl+3]([O-])([O-])OS1(c2ccc(O)cc2)CCCC1. The fraction of sp³-hybridized carbons (Fsp3) is 0.400. The molecule has 0 saturated carbocycles. The zero-order chi connectivity index (χ0) is 12.5. The van der Waals surface area contributed by atoms with Gasteiger partial charge in [0.2, 0.25) is 0 Å². The quantitative estimate of drug-likeness (QED) is 0.780. The van der Waals surface area contributed by atoms with Gasteiger partial charge in [-0.1, -0.05) is 0 Å². The number of phenols is 1. The molecule has 1 aliphatic heterocycles. The first-order valence-corrected chi connectivity index (χ1v) is 8.24. The molecule has 7 heteroatoms. The molecule has 5 nitrogen and oxygen atoms in total. The molecule has 0 atom stereocenters. The summed E-state index contributed by atoms with van der Waals surface area (Å²) in [7, 11) is -6.45. The largest absolute Gasteiger partial charge is 0.508 e. The summed E-state index contributed by atoms with van der Waals surface area (Å²) in [5, 5.41) is 9.20. The van der Waals surface area contributed by atoms with Crippen molar-refractivity contribution in [1.29, 1.82) is 0 Å². The lowest BCUT2D eigenvalue weighted by Gasteiger charge is -2.30. The Labute approximate surface area is 103 Å². The van der Waals surface area contributed by atoms with Crippen molar-refractivity contribution in [3.63, 3.8) is 0 Å². The molecule has 2 rings (SSSR count). The van der Waals surface area contributed by atoms with Crippen LogP contribution in [0.1, 0.15) is 12.8 Å². The Hall–Kier alpha value is -0.500. The fourth-order valence-electron chi connectivity index (χ4n) is 1.95. The third-order valence-electron chi connectivity index (χ3n) is 2.66. The maximum Gasteiger partial charge on any atom is 0.126 e. The molecule has 96 valence electrons. The molecule has 1 saturated heterocycles. The van der Waals surface area contributed by atoms with Gasteiger partial charge in [0.25, 0.3) is 0 Å². The van der Waals surface area contributed by atoms with Crippen molar-refractivity contribution >= 4 is 10.3 Å². The Morgan fingerprint density at radius 2 is 1.59 bits per heavy atom. The summed E-state index contributed by atoms with van der Waals surface area (Å²) in [6.45, 7) is 0. The summed E-state index contributed by atoms with van der Waals surface area (Å²) < 4.78 is 37.2. The van der Waals surface area contributed by atoms with E-state index in [1.807, 2.05) is 0 Å². The first-order valence-electron chi connectivity index (χ1n) is 5.11. The Morgan fingerprint density at radius 1 is 1.06 bits per heavy atom. The zero-order valence-electron chi connectivity index (χ0n) is 9.00. The molecule has 0 unspecified atom stereocenters. The summed E-state index contributed by atoms with van der Waals surface area (Å²) in [6, 6.07) is 6.19. The van der Waals surface area contributed by atoms with Crippen LogP contribution in [0.25, 0.3) is 0 Å². The Kier molecular flexibility index (Phi) is 3.53. The Bertz CT molecular complexity index is 383. The molecule has 0 amide bonds. The van der Waals surface area contributed by atoms with Crippen molar-refractivity contribution < 1.29 is 33.1 Å². The smallest absolute Gasteiger partial charge is 0.126 e. The minimum absolute atomic E-state index is 0.101. The molecular formula is C10H13ClO5S. The molecule has 1 fully saturated rings. The van der Waals surface area contributed by atoms with Crippen LogP contribution in [-0.4, -0.2) is 16.6 Å². The second-order valence-electron chi connectivity index (χ2n) is 3.86. The van der Waals surface area contributed by atoms with Gasteiger partial charge in [0.1, 0.15) is 9.49 Å². The second kappa shape index (κ2) is 4.64. The second-order valence-corrected chi connectivity index (χ2v) is 8.03. The van der Waals surface area contributed by atoms with Crippen molar-refractivity contribution in [2.45, 2.75) is 17.7 Å². The monoisotopic (exact) mass is 280 g/mol. The highest BCUT2D eigenvalue weighted by atomic mass is 35.7. The number of halogens is 1. The van der Waals surface area contributed by atoms with Crippen molar-refractivity contribution in [1.82, 2.24) is 0 Å². The molecule has 1 N–H and O–H groups in total. The molecule has 1 aromatic carbocycles. The average Bonchev–Trinajstić information content (AvgIpc) is 2.65. The number of benzene rings is 1. The van der Waals surface area contributed by atoms with Gasteiger partial charge in [0.15, 0.2) is 0 Å². The highest BCUT2D eigenvalue weighted by Gasteiger charge is 2.44. The van der Waals surface area contributed by atoms with E-state index < -0.39 is 20.6 Å². The van der Waals surface area contributed by atoms with Crippen LogP contribution in [0.2, 0.25) is 0 Å². The predicted octanol–water partition coefficient (Wildman–Crippen LogP) is -0.822. The highest BCUT2D eigenvalue weighted by molar-refractivity contribution is 8.30. The lowest BCUT2D eigenvalue weighted by atomic mass is 10.3. The molecule has 1 aliphatic rings. The maximum absolute atomic E-state index is 10.8. The number of hydrogen-bond acceptors (Lipinski definition) is 5. The molecule has 0 spiro atoms. The first-order chi connectivity index (χ1) is 7.91. The minimum Gasteiger partial charge on any atom is -0.508 e. The van der Waals surface area contributed by atoms with Crippen LogP contribution in [0.5, 0.6) is 5.75 Å². The lowest BCUT2D eigenvalue weighted by molar-refractivity contribution is -1.91. The van der Waals surface area contributed by atoms with Crippen LogP contribution < -0.4 is 14.0 Å². The molecule has 0 radical (unpaired) electrons. The number of aromatic hydroxyl groups is 1. The van der Waals surface area contributed by atoms with E-state index in [0.717, 1.165) is 12.8 Å². The summed E-state index contributed by atoms with van der Waals surface area (Å²) >= 11 is 0. The van der Waals surface area contributed by atoms with Crippen molar-refractivity contribution in [2.24, 2.45) is 0 Å². The number of hydrogen-bond donors (Lipinski definition) is 1. The lowest BCUT2D eigenvalue weighted by Crippen LogP contribution is -2.61. The van der Waals surface area contributed by atoms with Crippen LogP contribution in [0.15, 0.2) is 29.2 Å². The van der Waals surface area contributed by atoms with Crippen LogP contribution in [0.4, 0.5) is 0 Å². The number of phenolic OH excluding ortho intramolecular Hbond substituents is 1. The first kappa shape index (κ1) is 12.9. The summed E-state index contributed by atoms with van der Waals surface area (Å²) in [5.41, 5.74) is 0. The summed E-state index contributed by atoms with van der Waals surface area (Å²) in [5.74, 6) is 1.25. The van der Waals surface area contributed by atoms with Gasteiger partial charge in [-0.05, 0) is 37.1 Å². The molecular weight excluding hydrogens is 268 g/mol. The van der Waals surface area contributed by atoms with Crippen LogP contribution in [0, 0.1) is 10.2 Å². The van der Waals surface area contributed by atoms with Gasteiger partial charge in [-0.15, -0.1) is 0 Å². The van der Waals surface area contributed by atoms with Crippen molar-refractivity contribution in [3.05, 3.63) is 24.3 Å². The van der Waals surface area contributed by atoms with Gasteiger partial charge in [0.05, 0.1) is 10.2 Å². The van der Waals surface area contributed by atoms with Gasteiger partial charge in [-0.3, -0.25) is 0 Å².